The molecule has 7 heteroatoms. The van der Waals surface area contributed by atoms with Gasteiger partial charge in [0.1, 0.15) is 24.9 Å². The molecule has 18 heavy (non-hydrogen) atoms. The van der Waals surface area contributed by atoms with E-state index < -0.39 is 0 Å². The fourth-order valence-corrected chi connectivity index (χ4v) is 1.42. The number of anilines is 2. The molecule has 0 atom stereocenters. The number of ether oxygens (including phenoxy) is 1. The highest BCUT2D eigenvalue weighted by Crippen LogP contribution is 2.24. The van der Waals surface area contributed by atoms with Crippen molar-refractivity contribution in [3.8, 4) is 5.75 Å². The van der Waals surface area contributed by atoms with Gasteiger partial charge in [-0.3, -0.25) is 4.79 Å². The van der Waals surface area contributed by atoms with Gasteiger partial charge < -0.3 is 15.8 Å². The van der Waals surface area contributed by atoms with E-state index in [0.717, 1.165) is 0 Å². The SMILES string of the molecule is COc1ccc(N)c(NC(=O)Cn2cncn2)c1. The van der Waals surface area contributed by atoms with Crippen molar-refractivity contribution in [1.29, 1.82) is 0 Å². The lowest BCUT2D eigenvalue weighted by Gasteiger charge is -2.09. The van der Waals surface area contributed by atoms with E-state index in [2.05, 4.69) is 15.4 Å². The Morgan fingerprint density at radius 3 is 3.06 bits per heavy atom. The molecule has 0 saturated carbocycles. The number of methoxy groups -OCH3 is 1. The van der Waals surface area contributed by atoms with Gasteiger partial charge in [-0.25, -0.2) is 9.67 Å². The summed E-state index contributed by atoms with van der Waals surface area (Å²) in [6, 6.07) is 5.06. The molecule has 0 radical (unpaired) electrons. The van der Waals surface area contributed by atoms with E-state index >= 15 is 0 Å². The molecule has 3 N–H and O–H groups in total. The average Bonchev–Trinajstić information content (AvgIpc) is 2.84. The number of rotatable bonds is 4. The Morgan fingerprint density at radius 2 is 2.39 bits per heavy atom. The van der Waals surface area contributed by atoms with Crippen LogP contribution in [0.3, 0.4) is 0 Å². The maximum Gasteiger partial charge on any atom is 0.246 e. The summed E-state index contributed by atoms with van der Waals surface area (Å²) < 4.78 is 6.49. The van der Waals surface area contributed by atoms with E-state index in [9.17, 15) is 4.79 Å². The van der Waals surface area contributed by atoms with Crippen molar-refractivity contribution in [3.05, 3.63) is 30.9 Å². The van der Waals surface area contributed by atoms with Crippen LogP contribution in [0.2, 0.25) is 0 Å². The van der Waals surface area contributed by atoms with E-state index in [1.54, 1.807) is 25.3 Å². The molecular formula is C11H13N5O2. The number of carbonyl (C=O) groups is 1. The zero-order chi connectivity index (χ0) is 13.0. The number of carbonyl (C=O) groups excluding carboxylic acids is 1. The number of nitrogens with zero attached hydrogens (tertiary/aromatic N) is 3. The summed E-state index contributed by atoms with van der Waals surface area (Å²) in [7, 11) is 1.55. The van der Waals surface area contributed by atoms with Crippen LogP contribution >= 0.6 is 0 Å². The van der Waals surface area contributed by atoms with E-state index in [1.165, 1.54) is 17.3 Å². The van der Waals surface area contributed by atoms with Crippen LogP contribution in [0.15, 0.2) is 30.9 Å². The zero-order valence-electron chi connectivity index (χ0n) is 9.83. The van der Waals surface area contributed by atoms with E-state index in [-0.39, 0.29) is 12.5 Å². The molecule has 1 heterocycles. The topological polar surface area (TPSA) is 95.1 Å². The van der Waals surface area contributed by atoms with Gasteiger partial charge in [0.15, 0.2) is 0 Å². The van der Waals surface area contributed by atoms with Crippen molar-refractivity contribution < 1.29 is 9.53 Å². The van der Waals surface area contributed by atoms with Gasteiger partial charge in [-0.2, -0.15) is 5.10 Å². The van der Waals surface area contributed by atoms with Gasteiger partial charge in [-0.15, -0.1) is 0 Å². The molecule has 0 saturated heterocycles. The molecular weight excluding hydrogens is 234 g/mol. The molecule has 2 rings (SSSR count). The second-order valence-electron chi connectivity index (χ2n) is 3.59. The van der Waals surface area contributed by atoms with Crippen molar-refractivity contribution in [2.24, 2.45) is 0 Å². The predicted octanol–water partition coefficient (Wildman–Crippen LogP) is 0.508. The molecule has 1 amide bonds. The van der Waals surface area contributed by atoms with Crippen LogP contribution in [0.1, 0.15) is 0 Å². The van der Waals surface area contributed by atoms with E-state index in [0.29, 0.717) is 17.1 Å². The molecule has 0 unspecified atom stereocenters. The number of benzene rings is 1. The lowest BCUT2D eigenvalue weighted by Crippen LogP contribution is -2.19. The normalized spacial score (nSPS) is 10.1. The first-order chi connectivity index (χ1) is 8.69. The molecule has 94 valence electrons. The summed E-state index contributed by atoms with van der Waals surface area (Å²) in [5.41, 5.74) is 6.75. The Hall–Kier alpha value is -2.57. The van der Waals surface area contributed by atoms with Crippen molar-refractivity contribution in [3.63, 3.8) is 0 Å². The largest absolute Gasteiger partial charge is 0.497 e. The number of aromatic nitrogens is 3. The molecule has 0 aliphatic carbocycles. The summed E-state index contributed by atoms with van der Waals surface area (Å²) in [6.07, 6.45) is 2.84. The molecule has 1 aromatic carbocycles. The number of hydrogen-bond acceptors (Lipinski definition) is 5. The van der Waals surface area contributed by atoms with E-state index in [4.69, 9.17) is 10.5 Å². The lowest BCUT2D eigenvalue weighted by atomic mass is 10.2. The quantitative estimate of drug-likeness (QED) is 0.767. The standard InChI is InChI=1S/C11H13N5O2/c1-18-8-2-3-9(12)10(4-8)15-11(17)5-16-7-13-6-14-16/h2-4,6-7H,5,12H2,1H3,(H,15,17). The number of nitrogen functional groups attached to an aromatic ring is 1. The minimum absolute atomic E-state index is 0.0800. The molecule has 7 nitrogen and oxygen atoms in total. The van der Waals surface area contributed by atoms with Crippen LogP contribution in [0, 0.1) is 0 Å². The minimum Gasteiger partial charge on any atom is -0.497 e. The van der Waals surface area contributed by atoms with E-state index in [1.807, 2.05) is 0 Å². The Morgan fingerprint density at radius 1 is 1.56 bits per heavy atom. The molecule has 0 fully saturated rings. The van der Waals surface area contributed by atoms with Crippen LogP contribution < -0.4 is 15.8 Å². The van der Waals surface area contributed by atoms with Crippen molar-refractivity contribution >= 4 is 17.3 Å². The number of nitrogens with one attached hydrogen (secondary N) is 1. The number of hydrogen-bond donors (Lipinski definition) is 2. The number of nitrogens with two attached hydrogens (primary N) is 1. The molecule has 0 aliphatic heterocycles. The fourth-order valence-electron chi connectivity index (χ4n) is 1.42. The van der Waals surface area contributed by atoms with Gasteiger partial charge in [0.05, 0.1) is 18.5 Å². The van der Waals surface area contributed by atoms with Gasteiger partial charge in [-0.05, 0) is 12.1 Å². The Balaban J connectivity index is 2.06. The van der Waals surface area contributed by atoms with Gasteiger partial charge in [-0.1, -0.05) is 0 Å². The van der Waals surface area contributed by atoms with Gasteiger partial charge in [0, 0.05) is 6.07 Å². The molecule has 2 aromatic rings. The first kappa shape index (κ1) is 11.9. The highest BCUT2D eigenvalue weighted by atomic mass is 16.5. The smallest absolute Gasteiger partial charge is 0.246 e. The Kier molecular flexibility index (Phi) is 3.42. The predicted molar refractivity (Wildman–Crippen MR) is 66.1 cm³/mol. The van der Waals surface area contributed by atoms with Crippen molar-refractivity contribution in [2.75, 3.05) is 18.2 Å². The Bertz CT molecular complexity index is 538. The average molecular weight is 247 g/mol. The van der Waals surface area contributed by atoms with Crippen LogP contribution in [0.25, 0.3) is 0 Å². The van der Waals surface area contributed by atoms with Crippen LogP contribution in [-0.4, -0.2) is 27.8 Å². The summed E-state index contributed by atoms with van der Waals surface area (Å²) in [5.74, 6) is 0.390. The third kappa shape index (κ3) is 2.76. The number of amides is 1. The lowest BCUT2D eigenvalue weighted by molar-refractivity contribution is -0.116. The first-order valence-corrected chi connectivity index (χ1v) is 5.25. The maximum atomic E-state index is 11.7. The molecule has 0 spiro atoms. The van der Waals surface area contributed by atoms with Crippen LogP contribution in [0.5, 0.6) is 5.75 Å². The van der Waals surface area contributed by atoms with Gasteiger partial charge in [0.25, 0.3) is 0 Å². The summed E-state index contributed by atoms with van der Waals surface area (Å²) >= 11 is 0. The Labute approximate surface area is 104 Å². The van der Waals surface area contributed by atoms with Crippen molar-refractivity contribution in [1.82, 2.24) is 14.8 Å². The third-order valence-electron chi connectivity index (χ3n) is 2.31. The minimum atomic E-state index is -0.236. The van der Waals surface area contributed by atoms with Crippen LogP contribution in [-0.2, 0) is 11.3 Å². The molecule has 1 aromatic heterocycles. The second-order valence-corrected chi connectivity index (χ2v) is 3.59. The maximum absolute atomic E-state index is 11.7. The van der Waals surface area contributed by atoms with Gasteiger partial charge in [0.2, 0.25) is 5.91 Å². The zero-order valence-corrected chi connectivity index (χ0v) is 9.83. The van der Waals surface area contributed by atoms with Crippen molar-refractivity contribution in [2.45, 2.75) is 6.54 Å². The molecule has 0 aliphatic rings. The molecule has 0 bridgehead atoms. The first-order valence-electron chi connectivity index (χ1n) is 5.25. The second kappa shape index (κ2) is 5.17. The highest BCUT2D eigenvalue weighted by molar-refractivity contribution is 5.93. The fraction of sp³-hybridized carbons (Fsp3) is 0.182. The monoisotopic (exact) mass is 247 g/mol. The van der Waals surface area contributed by atoms with Gasteiger partial charge >= 0.3 is 0 Å². The summed E-state index contributed by atoms with van der Waals surface area (Å²) in [5, 5.41) is 6.53. The third-order valence-corrected chi connectivity index (χ3v) is 2.31. The summed E-state index contributed by atoms with van der Waals surface area (Å²) in [6.45, 7) is 0.0800. The summed E-state index contributed by atoms with van der Waals surface area (Å²) in [4.78, 5) is 15.5. The van der Waals surface area contributed by atoms with Crippen LogP contribution in [0.4, 0.5) is 11.4 Å². The highest BCUT2D eigenvalue weighted by Gasteiger charge is 2.07.